The maximum absolute atomic E-state index is 3.56. The Labute approximate surface area is 154 Å². The number of nitrogens with one attached hydrogen (secondary N) is 2. The van der Waals surface area contributed by atoms with E-state index in [-0.39, 0.29) is 0 Å². The molecular weight excluding hydrogens is 343 g/mol. The van der Waals surface area contributed by atoms with Crippen LogP contribution in [0, 0.1) is 6.92 Å². The zero-order chi connectivity index (χ0) is 17.1. The zero-order valence-electron chi connectivity index (χ0n) is 14.1. The monoisotopic (exact) mass is 364 g/mol. The molecule has 0 amide bonds. The number of aryl methyl sites for hydroxylation is 1. The molecule has 3 aromatic carbocycles. The second-order valence-electron chi connectivity index (χ2n) is 6.13. The van der Waals surface area contributed by atoms with E-state index in [0.29, 0.717) is 10.9 Å². The van der Waals surface area contributed by atoms with E-state index in [1.165, 1.54) is 21.3 Å². The van der Waals surface area contributed by atoms with Crippen LogP contribution in [-0.4, -0.2) is 5.11 Å². The molecule has 3 atom stereocenters. The summed E-state index contributed by atoms with van der Waals surface area (Å²) in [6.45, 7) is 2.13. The molecule has 4 rings (SSSR count). The summed E-state index contributed by atoms with van der Waals surface area (Å²) in [4.78, 5) is 1.31. The number of rotatable bonds is 4. The third-order valence-corrected chi connectivity index (χ3v) is 8.71. The van der Waals surface area contributed by atoms with E-state index in [0.717, 1.165) is 0 Å². The Morgan fingerprint density at radius 2 is 1.40 bits per heavy atom. The first-order chi connectivity index (χ1) is 12.3. The fraction of sp³-hybridized carbons (Fsp3) is 0.143. The van der Waals surface area contributed by atoms with E-state index in [1.54, 1.807) is 0 Å². The highest BCUT2D eigenvalue weighted by molar-refractivity contribution is 8.06. The predicted octanol–water partition coefficient (Wildman–Crippen LogP) is 4.98. The van der Waals surface area contributed by atoms with E-state index >= 15 is 0 Å². The number of thioether (sulfide) groups is 1. The highest BCUT2D eigenvalue weighted by Crippen LogP contribution is 2.58. The van der Waals surface area contributed by atoms with Gasteiger partial charge in [-0.25, -0.2) is 10.9 Å². The summed E-state index contributed by atoms with van der Waals surface area (Å²) in [6, 6.07) is 30.5. The standard InChI is InChI=1S/C21H21N2PS/c1-16-12-14-19(15-13-16)25-21-23-22-20(17-8-4-2-5-9-17)24(21)18-10-6-3-7-11-18/h2-15,20-23H,1H3. The zero-order valence-corrected chi connectivity index (χ0v) is 15.8. The molecule has 1 heterocycles. The first-order valence-electron chi connectivity index (χ1n) is 8.44. The normalized spacial score (nSPS) is 22.8. The lowest BCUT2D eigenvalue weighted by Crippen LogP contribution is -2.28. The molecular formula is C21H21N2PS. The Morgan fingerprint density at radius 3 is 2.08 bits per heavy atom. The smallest absolute Gasteiger partial charge is 0.0963 e. The summed E-state index contributed by atoms with van der Waals surface area (Å²) in [5, 5.41) is 1.76. The topological polar surface area (TPSA) is 24.1 Å². The predicted molar refractivity (Wildman–Crippen MR) is 109 cm³/mol. The first kappa shape index (κ1) is 16.8. The van der Waals surface area contributed by atoms with Gasteiger partial charge < -0.3 is 0 Å². The second kappa shape index (κ2) is 7.72. The van der Waals surface area contributed by atoms with Crippen molar-refractivity contribution < 1.29 is 0 Å². The van der Waals surface area contributed by atoms with Gasteiger partial charge in [0.1, 0.15) is 0 Å². The van der Waals surface area contributed by atoms with Crippen molar-refractivity contribution in [3.63, 3.8) is 0 Å². The maximum atomic E-state index is 3.56. The molecule has 0 aromatic heterocycles. The van der Waals surface area contributed by atoms with Gasteiger partial charge in [-0.15, -0.1) is 11.8 Å². The molecule has 25 heavy (non-hydrogen) atoms. The molecule has 2 nitrogen and oxygen atoms in total. The average molecular weight is 364 g/mol. The lowest BCUT2D eigenvalue weighted by Gasteiger charge is -2.24. The van der Waals surface area contributed by atoms with Gasteiger partial charge in [0.05, 0.1) is 10.9 Å². The largest absolute Gasteiger partial charge is 0.244 e. The van der Waals surface area contributed by atoms with Crippen molar-refractivity contribution in [3.05, 3.63) is 96.1 Å². The Kier molecular flexibility index (Phi) is 5.19. The van der Waals surface area contributed by atoms with E-state index < -0.39 is 7.92 Å². The fourth-order valence-corrected chi connectivity index (χ4v) is 7.52. The molecule has 0 bridgehead atoms. The van der Waals surface area contributed by atoms with Crippen molar-refractivity contribution in [2.45, 2.75) is 22.7 Å². The molecule has 2 N–H and O–H groups in total. The highest BCUT2D eigenvalue weighted by atomic mass is 32.2. The lowest BCUT2D eigenvalue weighted by atomic mass is 10.2. The first-order valence-corrected chi connectivity index (χ1v) is 10.8. The summed E-state index contributed by atoms with van der Waals surface area (Å²) in [7, 11) is -0.434. The van der Waals surface area contributed by atoms with Crippen LogP contribution in [0.4, 0.5) is 0 Å². The molecule has 3 aromatic rings. The van der Waals surface area contributed by atoms with Crippen molar-refractivity contribution in [2.24, 2.45) is 0 Å². The van der Waals surface area contributed by atoms with Crippen molar-refractivity contribution >= 4 is 25.0 Å². The molecule has 0 spiro atoms. The summed E-state index contributed by atoms with van der Waals surface area (Å²) in [6.07, 6.45) is 0. The van der Waals surface area contributed by atoms with Gasteiger partial charge in [-0.05, 0) is 37.8 Å². The van der Waals surface area contributed by atoms with Gasteiger partial charge >= 0.3 is 0 Å². The van der Waals surface area contributed by atoms with Crippen molar-refractivity contribution in [2.75, 3.05) is 0 Å². The minimum absolute atomic E-state index is 0.321. The van der Waals surface area contributed by atoms with Gasteiger partial charge in [-0.2, -0.15) is 0 Å². The Morgan fingerprint density at radius 1 is 0.760 bits per heavy atom. The third-order valence-electron chi connectivity index (χ3n) is 4.31. The number of hydrazine groups is 1. The van der Waals surface area contributed by atoms with E-state index in [1.807, 2.05) is 11.8 Å². The third kappa shape index (κ3) is 3.80. The number of benzene rings is 3. The van der Waals surface area contributed by atoms with Crippen LogP contribution in [0.25, 0.3) is 0 Å². The quantitative estimate of drug-likeness (QED) is 0.638. The van der Waals surface area contributed by atoms with Crippen LogP contribution in [0.5, 0.6) is 0 Å². The summed E-state index contributed by atoms with van der Waals surface area (Å²) in [5.41, 5.74) is 9.76. The summed E-state index contributed by atoms with van der Waals surface area (Å²) in [5.74, 6) is 0.321. The molecule has 4 heteroatoms. The molecule has 1 aliphatic heterocycles. The van der Waals surface area contributed by atoms with Crippen LogP contribution in [0.3, 0.4) is 0 Å². The minimum atomic E-state index is -0.434. The van der Waals surface area contributed by atoms with Gasteiger partial charge in [-0.3, -0.25) is 0 Å². The van der Waals surface area contributed by atoms with Crippen molar-refractivity contribution in [3.8, 4) is 0 Å². The molecule has 0 radical (unpaired) electrons. The van der Waals surface area contributed by atoms with E-state index in [9.17, 15) is 0 Å². The van der Waals surface area contributed by atoms with Gasteiger partial charge in [0.15, 0.2) is 0 Å². The van der Waals surface area contributed by atoms with Crippen molar-refractivity contribution in [1.82, 2.24) is 10.9 Å². The number of hydrogen-bond acceptors (Lipinski definition) is 3. The average Bonchev–Trinajstić information content (AvgIpc) is 3.08. The van der Waals surface area contributed by atoms with Crippen molar-refractivity contribution in [1.29, 1.82) is 0 Å². The highest BCUT2D eigenvalue weighted by Gasteiger charge is 2.37. The van der Waals surface area contributed by atoms with E-state index in [2.05, 4.69) is 103 Å². The van der Waals surface area contributed by atoms with Crippen LogP contribution in [0.15, 0.2) is 89.8 Å². The fourth-order valence-electron chi connectivity index (χ4n) is 3.02. The van der Waals surface area contributed by atoms with Crippen LogP contribution in [0.2, 0.25) is 0 Å². The minimum Gasteiger partial charge on any atom is -0.244 e. The Hall–Kier alpha value is -1.64. The van der Waals surface area contributed by atoms with Crippen LogP contribution < -0.4 is 16.2 Å². The molecule has 1 saturated heterocycles. The lowest BCUT2D eigenvalue weighted by molar-refractivity contribution is 0.596. The summed E-state index contributed by atoms with van der Waals surface area (Å²) < 4.78 is 0. The molecule has 3 unspecified atom stereocenters. The Bertz CT molecular complexity index is 808. The molecule has 1 fully saturated rings. The Balaban J connectivity index is 1.65. The molecule has 1 aliphatic rings. The van der Waals surface area contributed by atoms with Gasteiger partial charge in [-0.1, -0.05) is 78.4 Å². The number of hydrogen-bond donors (Lipinski definition) is 2. The van der Waals surface area contributed by atoms with Gasteiger partial charge in [0, 0.05) is 4.90 Å². The maximum Gasteiger partial charge on any atom is 0.0963 e. The van der Waals surface area contributed by atoms with E-state index in [4.69, 9.17) is 0 Å². The van der Waals surface area contributed by atoms with Crippen LogP contribution >= 0.6 is 19.7 Å². The SMILES string of the molecule is Cc1ccc(SC2NNC(c3ccccc3)P2c2ccccc2)cc1. The molecule has 126 valence electrons. The molecule has 0 aliphatic carbocycles. The summed E-state index contributed by atoms with van der Waals surface area (Å²) >= 11 is 1.92. The van der Waals surface area contributed by atoms with Gasteiger partial charge in [0.2, 0.25) is 0 Å². The van der Waals surface area contributed by atoms with Crippen LogP contribution in [0.1, 0.15) is 16.9 Å². The van der Waals surface area contributed by atoms with Gasteiger partial charge in [0.25, 0.3) is 0 Å². The second-order valence-corrected chi connectivity index (χ2v) is 10.0. The molecule has 0 saturated carbocycles. The van der Waals surface area contributed by atoms with Crippen LogP contribution in [-0.2, 0) is 0 Å².